The molecule has 1 aromatic carbocycles. The molecule has 8 nitrogen and oxygen atoms in total. The predicted octanol–water partition coefficient (Wildman–Crippen LogP) is 1.85. The van der Waals surface area contributed by atoms with E-state index in [4.69, 9.17) is 4.74 Å². The largest absolute Gasteiger partial charge is 0.377 e. The molecule has 2 N–H and O–H groups in total. The highest BCUT2D eigenvalue weighted by Crippen LogP contribution is 2.12. The van der Waals surface area contributed by atoms with Crippen molar-refractivity contribution in [2.75, 3.05) is 13.7 Å². The molecule has 29 heavy (non-hydrogen) atoms. The van der Waals surface area contributed by atoms with Gasteiger partial charge in [0.25, 0.3) is 5.56 Å². The number of hydrogen-bond donors (Lipinski definition) is 2. The van der Waals surface area contributed by atoms with Gasteiger partial charge in [-0.1, -0.05) is 30.3 Å². The van der Waals surface area contributed by atoms with E-state index < -0.39 is 15.6 Å². The second kappa shape index (κ2) is 8.32. The Morgan fingerprint density at radius 3 is 2.52 bits per heavy atom. The Balaban J connectivity index is 1.78. The van der Waals surface area contributed by atoms with E-state index in [1.54, 1.807) is 20.0 Å². The first kappa shape index (κ1) is 21.0. The molecule has 3 rings (SSSR count). The van der Waals surface area contributed by atoms with Gasteiger partial charge in [-0.25, -0.2) is 22.8 Å². The van der Waals surface area contributed by atoms with Crippen molar-refractivity contribution in [1.29, 1.82) is 0 Å². The lowest BCUT2D eigenvalue weighted by Crippen LogP contribution is -2.39. The maximum absolute atomic E-state index is 12.6. The van der Waals surface area contributed by atoms with Crippen molar-refractivity contribution in [1.82, 2.24) is 19.5 Å². The average molecular weight is 417 g/mol. The van der Waals surface area contributed by atoms with E-state index in [0.29, 0.717) is 17.8 Å². The van der Waals surface area contributed by atoms with Crippen molar-refractivity contribution in [2.24, 2.45) is 0 Å². The number of nitrogens with zero attached hydrogens (tertiary/aromatic N) is 2. The second-order valence-corrected chi connectivity index (χ2v) is 9.01. The number of methoxy groups -OCH3 is 1. The van der Waals surface area contributed by atoms with Gasteiger partial charge in [-0.15, -0.1) is 0 Å². The lowest BCUT2D eigenvalue weighted by Gasteiger charge is -2.22. The summed E-state index contributed by atoms with van der Waals surface area (Å²) < 4.78 is 33.9. The van der Waals surface area contributed by atoms with Crippen molar-refractivity contribution in [3.63, 3.8) is 0 Å². The van der Waals surface area contributed by atoms with Crippen molar-refractivity contribution >= 4 is 10.0 Å². The molecule has 0 atom stereocenters. The molecule has 0 saturated carbocycles. The van der Waals surface area contributed by atoms with Crippen LogP contribution in [0.1, 0.15) is 25.0 Å². The first-order valence-corrected chi connectivity index (χ1v) is 10.5. The molecule has 0 aliphatic carbocycles. The molecule has 0 unspecified atom stereocenters. The number of aromatic nitrogens is 3. The lowest BCUT2D eigenvalue weighted by atomic mass is 10.1. The van der Waals surface area contributed by atoms with Gasteiger partial charge in [0.2, 0.25) is 10.0 Å². The van der Waals surface area contributed by atoms with Crippen LogP contribution < -0.4 is 10.3 Å². The molecule has 9 heteroatoms. The molecule has 0 bridgehead atoms. The average Bonchev–Trinajstić information content (AvgIpc) is 3.08. The van der Waals surface area contributed by atoms with E-state index in [1.807, 2.05) is 30.3 Å². The van der Waals surface area contributed by atoms with Gasteiger partial charge in [0.15, 0.2) is 5.82 Å². The highest BCUT2D eigenvalue weighted by atomic mass is 32.2. The molecule has 0 spiro atoms. The topological polar surface area (TPSA) is 106 Å². The van der Waals surface area contributed by atoms with Crippen molar-refractivity contribution < 1.29 is 13.2 Å². The summed E-state index contributed by atoms with van der Waals surface area (Å²) in [5, 5.41) is 2.88. The molecule has 2 aromatic heterocycles. The maximum Gasteiger partial charge on any atom is 0.276 e. The van der Waals surface area contributed by atoms with Crippen LogP contribution in [0.15, 0.2) is 64.5 Å². The SMILES string of the molecule is COC(C)(C)CNS(=O)(=O)c1ccc(-n2[nH]cc(Cc3ccccc3)c2=O)nc1. The number of sulfonamides is 1. The zero-order valence-corrected chi connectivity index (χ0v) is 17.4. The summed E-state index contributed by atoms with van der Waals surface area (Å²) in [5.74, 6) is 0.311. The van der Waals surface area contributed by atoms with E-state index in [2.05, 4.69) is 14.8 Å². The smallest absolute Gasteiger partial charge is 0.276 e. The van der Waals surface area contributed by atoms with Gasteiger partial charge in [-0.3, -0.25) is 9.89 Å². The molecule has 0 saturated heterocycles. The van der Waals surface area contributed by atoms with Gasteiger partial charge in [0.05, 0.1) is 5.60 Å². The molecule has 3 aromatic rings. The van der Waals surface area contributed by atoms with Gasteiger partial charge in [0.1, 0.15) is 4.90 Å². The molecular weight excluding hydrogens is 392 g/mol. The number of rotatable bonds is 8. The Kier molecular flexibility index (Phi) is 6.02. The maximum atomic E-state index is 12.6. The van der Waals surface area contributed by atoms with E-state index in [0.717, 1.165) is 5.56 Å². The van der Waals surface area contributed by atoms with Crippen LogP contribution in [-0.2, 0) is 21.2 Å². The van der Waals surface area contributed by atoms with Crippen LogP contribution in [0, 0.1) is 0 Å². The van der Waals surface area contributed by atoms with E-state index in [9.17, 15) is 13.2 Å². The summed E-state index contributed by atoms with van der Waals surface area (Å²) >= 11 is 0. The van der Waals surface area contributed by atoms with Crippen molar-refractivity contribution in [3.05, 3.63) is 76.3 Å². The second-order valence-electron chi connectivity index (χ2n) is 7.24. The molecule has 2 heterocycles. The predicted molar refractivity (Wildman–Crippen MR) is 110 cm³/mol. The molecule has 0 radical (unpaired) electrons. The number of H-pyrrole nitrogens is 1. The molecule has 0 fully saturated rings. The number of ether oxygens (including phenoxy) is 1. The monoisotopic (exact) mass is 416 g/mol. The van der Waals surface area contributed by atoms with E-state index in [-0.39, 0.29) is 17.0 Å². The summed E-state index contributed by atoms with van der Waals surface area (Å²) in [6, 6.07) is 12.6. The fourth-order valence-electron chi connectivity index (χ4n) is 2.61. The third-order valence-corrected chi connectivity index (χ3v) is 5.97. The van der Waals surface area contributed by atoms with Crippen LogP contribution in [0.3, 0.4) is 0 Å². The third kappa shape index (κ3) is 5.00. The summed E-state index contributed by atoms with van der Waals surface area (Å²) in [5.41, 5.74) is 0.762. The number of hydrogen-bond acceptors (Lipinski definition) is 5. The zero-order valence-electron chi connectivity index (χ0n) is 16.5. The Morgan fingerprint density at radius 2 is 1.90 bits per heavy atom. The number of pyridine rings is 1. The van der Waals surface area contributed by atoms with Crippen LogP contribution in [0.4, 0.5) is 0 Å². The Morgan fingerprint density at radius 1 is 1.17 bits per heavy atom. The summed E-state index contributed by atoms with van der Waals surface area (Å²) in [4.78, 5) is 16.8. The minimum Gasteiger partial charge on any atom is -0.377 e. The van der Waals surface area contributed by atoms with Crippen LogP contribution in [0.2, 0.25) is 0 Å². The zero-order chi connectivity index (χ0) is 21.1. The Bertz CT molecular complexity index is 1120. The van der Waals surface area contributed by atoms with Crippen molar-refractivity contribution in [2.45, 2.75) is 30.8 Å². The third-order valence-electron chi connectivity index (χ3n) is 4.58. The van der Waals surface area contributed by atoms with Gasteiger partial charge in [-0.2, -0.15) is 0 Å². The van der Waals surface area contributed by atoms with Crippen LogP contribution in [0.5, 0.6) is 0 Å². The van der Waals surface area contributed by atoms with Gasteiger partial charge in [0, 0.05) is 38.0 Å². The lowest BCUT2D eigenvalue weighted by molar-refractivity contribution is 0.0276. The highest BCUT2D eigenvalue weighted by Gasteiger charge is 2.22. The molecule has 0 amide bonds. The van der Waals surface area contributed by atoms with Crippen molar-refractivity contribution in [3.8, 4) is 5.82 Å². The minimum atomic E-state index is -3.74. The molecular formula is C20H24N4O4S. The molecule has 154 valence electrons. The van der Waals surface area contributed by atoms with Crippen LogP contribution in [-0.4, -0.2) is 42.4 Å². The number of aromatic amines is 1. The van der Waals surface area contributed by atoms with E-state index >= 15 is 0 Å². The fourth-order valence-corrected chi connectivity index (χ4v) is 3.75. The van der Waals surface area contributed by atoms with E-state index in [1.165, 1.54) is 30.1 Å². The first-order chi connectivity index (χ1) is 13.7. The summed E-state index contributed by atoms with van der Waals surface area (Å²) in [6.07, 6.45) is 3.35. The van der Waals surface area contributed by atoms with Crippen LogP contribution >= 0.6 is 0 Å². The van der Waals surface area contributed by atoms with Crippen LogP contribution in [0.25, 0.3) is 5.82 Å². The summed E-state index contributed by atoms with van der Waals surface area (Å²) in [6.45, 7) is 3.68. The minimum absolute atomic E-state index is 0.0114. The molecule has 0 aliphatic rings. The Hall–Kier alpha value is -2.75. The summed E-state index contributed by atoms with van der Waals surface area (Å²) in [7, 11) is -2.22. The van der Waals surface area contributed by atoms with Gasteiger partial charge in [-0.05, 0) is 31.5 Å². The Labute approximate surface area is 169 Å². The van der Waals surface area contributed by atoms with Gasteiger partial charge >= 0.3 is 0 Å². The quantitative estimate of drug-likeness (QED) is 0.583. The first-order valence-electron chi connectivity index (χ1n) is 9.06. The highest BCUT2D eigenvalue weighted by molar-refractivity contribution is 7.89. The van der Waals surface area contributed by atoms with Gasteiger partial charge < -0.3 is 4.74 Å². The molecule has 0 aliphatic heterocycles. The fraction of sp³-hybridized carbons (Fsp3) is 0.300. The standard InChI is InChI=1S/C20H24N4O4S/c1-20(2,28-3)14-23-29(26,27)17-9-10-18(21-13-17)24-19(25)16(12-22-24)11-15-7-5-4-6-8-15/h4-10,12-13,22-23H,11,14H2,1-3H3. The number of nitrogens with one attached hydrogen (secondary N) is 2. The normalized spacial score (nSPS) is 12.2. The number of benzene rings is 1.